The summed E-state index contributed by atoms with van der Waals surface area (Å²) in [5, 5.41) is 2.21. The van der Waals surface area contributed by atoms with Gasteiger partial charge in [0.05, 0.1) is 11.4 Å². The van der Waals surface area contributed by atoms with Gasteiger partial charge in [0.15, 0.2) is 5.13 Å². The first-order chi connectivity index (χ1) is 12.3. The number of pyridine rings is 1. The van der Waals surface area contributed by atoms with Crippen LogP contribution in [0, 0.1) is 5.95 Å². The minimum absolute atomic E-state index is 0.442. The fraction of sp³-hybridized carbons (Fsp3) is 0.211. The highest BCUT2D eigenvalue weighted by Crippen LogP contribution is 2.33. The van der Waals surface area contributed by atoms with Crippen LogP contribution in [0.15, 0.2) is 54.0 Å². The summed E-state index contributed by atoms with van der Waals surface area (Å²) < 4.78 is 18.9. The lowest BCUT2D eigenvalue weighted by molar-refractivity contribution is 0.0599. The third-order valence-corrected chi connectivity index (χ3v) is 4.12. The summed E-state index contributed by atoms with van der Waals surface area (Å²) in [5.41, 5.74) is 1.16. The molecule has 3 aromatic rings. The molecule has 0 aliphatic heterocycles. The van der Waals surface area contributed by atoms with Gasteiger partial charge in [0.25, 0.3) is 0 Å². The van der Waals surface area contributed by atoms with Gasteiger partial charge in [-0.2, -0.15) is 4.39 Å². The van der Waals surface area contributed by atoms with Crippen LogP contribution in [0.4, 0.5) is 20.0 Å². The summed E-state index contributed by atoms with van der Waals surface area (Å²) in [6.07, 6.45) is 0.859. The lowest BCUT2D eigenvalue weighted by atomic mass is 10.2. The molecule has 2 aromatic heterocycles. The monoisotopic (exact) mass is 371 g/mol. The van der Waals surface area contributed by atoms with E-state index in [0.29, 0.717) is 22.1 Å². The molecule has 0 unspecified atom stereocenters. The van der Waals surface area contributed by atoms with Gasteiger partial charge >= 0.3 is 6.09 Å². The molecular formula is C19H18FN3O2S. The summed E-state index contributed by atoms with van der Waals surface area (Å²) in [7, 11) is 0. The van der Waals surface area contributed by atoms with E-state index in [4.69, 9.17) is 4.74 Å². The fourth-order valence-corrected chi connectivity index (χ4v) is 3.08. The highest BCUT2D eigenvalue weighted by molar-refractivity contribution is 7.14. The molecule has 0 aliphatic rings. The van der Waals surface area contributed by atoms with Crippen molar-refractivity contribution in [3.05, 3.63) is 60.0 Å². The predicted octanol–water partition coefficient (Wildman–Crippen LogP) is 5.42. The number of nitrogens with zero attached hydrogens (tertiary/aromatic N) is 3. The molecule has 1 aromatic carbocycles. The normalized spacial score (nSPS) is 11.2. The number of benzene rings is 1. The number of amides is 1. The minimum Gasteiger partial charge on any atom is -0.443 e. The number of hydrogen-bond acceptors (Lipinski definition) is 5. The van der Waals surface area contributed by atoms with Crippen LogP contribution in [0.2, 0.25) is 0 Å². The molecule has 0 saturated heterocycles. The molecule has 1 amide bonds. The molecule has 7 heteroatoms. The van der Waals surface area contributed by atoms with Crippen LogP contribution in [-0.2, 0) is 4.74 Å². The maximum absolute atomic E-state index is 13.4. The van der Waals surface area contributed by atoms with E-state index in [1.807, 2.05) is 18.2 Å². The predicted molar refractivity (Wildman–Crippen MR) is 100 cm³/mol. The third-order valence-electron chi connectivity index (χ3n) is 3.30. The highest BCUT2D eigenvalue weighted by atomic mass is 32.1. The fourth-order valence-electron chi connectivity index (χ4n) is 2.24. The Hall–Kier alpha value is -2.80. The molecule has 26 heavy (non-hydrogen) atoms. The zero-order valence-corrected chi connectivity index (χ0v) is 15.5. The molecule has 3 rings (SSSR count). The zero-order chi connectivity index (χ0) is 18.7. The lowest BCUT2D eigenvalue weighted by Crippen LogP contribution is -2.33. The van der Waals surface area contributed by atoms with Gasteiger partial charge in [-0.3, -0.25) is 0 Å². The van der Waals surface area contributed by atoms with Crippen molar-refractivity contribution < 1.29 is 13.9 Å². The summed E-state index contributed by atoms with van der Waals surface area (Å²) in [6.45, 7) is 5.42. The second-order valence-corrected chi connectivity index (χ2v) is 7.37. The van der Waals surface area contributed by atoms with Crippen molar-refractivity contribution in [1.82, 2.24) is 9.97 Å². The van der Waals surface area contributed by atoms with Crippen molar-refractivity contribution >= 4 is 28.2 Å². The van der Waals surface area contributed by atoms with Crippen LogP contribution in [-0.4, -0.2) is 21.7 Å². The Morgan fingerprint density at radius 3 is 2.58 bits per heavy atom. The smallest absolute Gasteiger partial charge is 0.421 e. The van der Waals surface area contributed by atoms with Gasteiger partial charge < -0.3 is 4.74 Å². The first kappa shape index (κ1) is 18.0. The van der Waals surface area contributed by atoms with Gasteiger partial charge in [0, 0.05) is 23.2 Å². The number of aromatic nitrogens is 2. The van der Waals surface area contributed by atoms with E-state index in [1.54, 1.807) is 44.4 Å². The molecule has 0 N–H and O–H groups in total. The number of carbonyl (C=O) groups is 1. The van der Waals surface area contributed by atoms with Crippen molar-refractivity contribution in [2.24, 2.45) is 0 Å². The topological polar surface area (TPSA) is 55.3 Å². The van der Waals surface area contributed by atoms with Crippen LogP contribution in [0.3, 0.4) is 0 Å². The molecule has 0 fully saturated rings. The average molecular weight is 371 g/mol. The number of thiazole rings is 1. The van der Waals surface area contributed by atoms with E-state index >= 15 is 0 Å². The van der Waals surface area contributed by atoms with Crippen molar-refractivity contribution in [3.8, 4) is 11.3 Å². The third kappa shape index (κ3) is 4.23. The Labute approximate surface area is 155 Å². The molecule has 134 valence electrons. The first-order valence-corrected chi connectivity index (χ1v) is 8.87. The summed E-state index contributed by atoms with van der Waals surface area (Å²) in [5.74, 6) is -0.580. The highest BCUT2D eigenvalue weighted by Gasteiger charge is 2.27. The van der Waals surface area contributed by atoms with Gasteiger partial charge in [-0.15, -0.1) is 11.3 Å². The van der Waals surface area contributed by atoms with Crippen LogP contribution in [0.1, 0.15) is 20.8 Å². The van der Waals surface area contributed by atoms with E-state index in [0.717, 1.165) is 0 Å². The molecular weight excluding hydrogens is 353 g/mol. The maximum Gasteiger partial charge on any atom is 0.421 e. The first-order valence-electron chi connectivity index (χ1n) is 7.99. The number of ether oxygens (including phenoxy) is 1. The Kier molecular flexibility index (Phi) is 4.99. The Bertz CT molecular complexity index is 906. The average Bonchev–Trinajstić information content (AvgIpc) is 3.04. The van der Waals surface area contributed by atoms with Crippen molar-refractivity contribution in [1.29, 1.82) is 0 Å². The zero-order valence-electron chi connectivity index (χ0n) is 14.6. The molecule has 0 radical (unpaired) electrons. The number of para-hydroxylation sites is 1. The molecule has 5 nitrogen and oxygen atoms in total. The Balaban J connectivity index is 1.99. The van der Waals surface area contributed by atoms with Gasteiger partial charge in [-0.25, -0.2) is 19.7 Å². The van der Waals surface area contributed by atoms with Crippen molar-refractivity contribution in [3.63, 3.8) is 0 Å². The molecule has 2 heterocycles. The summed E-state index contributed by atoms with van der Waals surface area (Å²) >= 11 is 1.28. The summed E-state index contributed by atoms with van der Waals surface area (Å²) in [4.78, 5) is 22.2. The second-order valence-electron chi connectivity index (χ2n) is 6.53. The van der Waals surface area contributed by atoms with Crippen molar-refractivity contribution in [2.75, 3.05) is 4.90 Å². The van der Waals surface area contributed by atoms with Gasteiger partial charge in [-0.1, -0.05) is 18.2 Å². The largest absolute Gasteiger partial charge is 0.443 e. The molecule has 0 spiro atoms. The molecule has 0 saturated carbocycles. The number of rotatable bonds is 3. The quantitative estimate of drug-likeness (QED) is 0.577. The lowest BCUT2D eigenvalue weighted by Gasteiger charge is -2.25. The molecule has 0 bridgehead atoms. The van der Waals surface area contributed by atoms with Crippen LogP contribution >= 0.6 is 11.3 Å². The number of anilines is 2. The number of halogens is 1. The van der Waals surface area contributed by atoms with E-state index in [9.17, 15) is 9.18 Å². The van der Waals surface area contributed by atoms with E-state index in [1.165, 1.54) is 28.5 Å². The van der Waals surface area contributed by atoms with Gasteiger partial charge in [-0.05, 0) is 39.0 Å². The molecule has 0 atom stereocenters. The van der Waals surface area contributed by atoms with Crippen molar-refractivity contribution in [2.45, 2.75) is 26.4 Å². The molecule has 0 aliphatic carbocycles. The number of carbonyl (C=O) groups excluding carboxylic acids is 1. The Morgan fingerprint density at radius 2 is 1.92 bits per heavy atom. The number of hydrogen-bond donors (Lipinski definition) is 0. The van der Waals surface area contributed by atoms with Crippen LogP contribution < -0.4 is 4.90 Å². The van der Waals surface area contributed by atoms with E-state index in [2.05, 4.69) is 9.97 Å². The Morgan fingerprint density at radius 1 is 1.19 bits per heavy atom. The second kappa shape index (κ2) is 7.21. The minimum atomic E-state index is -0.640. The summed E-state index contributed by atoms with van der Waals surface area (Å²) in [6, 6.07) is 12.1. The SMILES string of the molecule is CC(C)(C)OC(=O)N(c1ccccc1)c1nc(-c2ccnc(F)c2)cs1. The van der Waals surface area contributed by atoms with Crippen LogP contribution in [0.5, 0.6) is 0 Å². The van der Waals surface area contributed by atoms with Gasteiger partial charge in [0.1, 0.15) is 5.60 Å². The standard InChI is InChI=1S/C19H18FN3O2S/c1-19(2,3)25-18(24)23(14-7-5-4-6-8-14)17-22-15(12-26-17)13-9-10-21-16(20)11-13/h4-12H,1-3H3. The van der Waals surface area contributed by atoms with E-state index < -0.39 is 17.6 Å². The maximum atomic E-state index is 13.4. The van der Waals surface area contributed by atoms with Gasteiger partial charge in [0.2, 0.25) is 5.95 Å². The van der Waals surface area contributed by atoms with Crippen LogP contribution in [0.25, 0.3) is 11.3 Å². The van der Waals surface area contributed by atoms with E-state index in [-0.39, 0.29) is 0 Å².